The van der Waals surface area contributed by atoms with Crippen molar-refractivity contribution in [2.75, 3.05) is 13.6 Å². The van der Waals surface area contributed by atoms with Crippen LogP contribution in [-0.2, 0) is 11.3 Å². The van der Waals surface area contributed by atoms with Gasteiger partial charge in [0, 0.05) is 13.6 Å². The second-order valence-corrected chi connectivity index (χ2v) is 4.35. The Bertz CT molecular complexity index is 349. The molecular weight excluding hydrogens is 236 g/mol. The quantitative estimate of drug-likeness (QED) is 0.897. The van der Waals surface area contributed by atoms with Gasteiger partial charge in [-0.3, -0.25) is 4.79 Å². The Morgan fingerprint density at radius 2 is 1.82 bits per heavy atom. The van der Waals surface area contributed by atoms with Gasteiger partial charge in [-0.15, -0.1) is 12.4 Å². The van der Waals surface area contributed by atoms with Crippen LogP contribution in [0.3, 0.4) is 0 Å². The van der Waals surface area contributed by atoms with Crippen molar-refractivity contribution in [2.24, 2.45) is 5.73 Å². The Hall–Kier alpha value is -1.06. The molecule has 0 aliphatic rings. The van der Waals surface area contributed by atoms with Crippen molar-refractivity contribution in [1.29, 1.82) is 0 Å². The zero-order valence-electron chi connectivity index (χ0n) is 10.6. The van der Waals surface area contributed by atoms with Crippen LogP contribution in [0.5, 0.6) is 0 Å². The number of rotatable bonds is 4. The minimum absolute atomic E-state index is 0. The van der Waals surface area contributed by atoms with Gasteiger partial charge in [0.25, 0.3) is 0 Å². The van der Waals surface area contributed by atoms with Gasteiger partial charge in [-0.25, -0.2) is 0 Å². The first-order valence-electron chi connectivity index (χ1n) is 5.57. The van der Waals surface area contributed by atoms with E-state index in [-0.39, 0.29) is 24.9 Å². The molecule has 0 aliphatic heterocycles. The number of carbonyl (C=O) groups is 1. The molecule has 0 aromatic heterocycles. The Morgan fingerprint density at radius 3 is 2.24 bits per heavy atom. The maximum absolute atomic E-state index is 11.3. The molecule has 1 aromatic rings. The molecule has 0 unspecified atom stereocenters. The third kappa shape index (κ3) is 4.75. The van der Waals surface area contributed by atoms with Crippen molar-refractivity contribution in [2.45, 2.75) is 26.3 Å². The van der Waals surface area contributed by atoms with Gasteiger partial charge in [-0.2, -0.15) is 0 Å². The SMILES string of the molecule is CC(C)c1ccc(CN(C)C(=O)CN)cc1.Cl. The highest BCUT2D eigenvalue weighted by Gasteiger charge is 2.06. The molecule has 2 N–H and O–H groups in total. The highest BCUT2D eigenvalue weighted by molar-refractivity contribution is 5.85. The first-order valence-corrected chi connectivity index (χ1v) is 5.57. The van der Waals surface area contributed by atoms with Crippen LogP contribution < -0.4 is 5.73 Å². The predicted octanol–water partition coefficient (Wildman–Crippen LogP) is 2.15. The zero-order valence-corrected chi connectivity index (χ0v) is 11.5. The molecule has 0 aliphatic carbocycles. The van der Waals surface area contributed by atoms with E-state index in [0.717, 1.165) is 5.56 Å². The van der Waals surface area contributed by atoms with Gasteiger partial charge < -0.3 is 10.6 Å². The lowest BCUT2D eigenvalue weighted by atomic mass is 10.0. The molecule has 17 heavy (non-hydrogen) atoms. The average Bonchev–Trinajstić information content (AvgIpc) is 2.28. The lowest BCUT2D eigenvalue weighted by molar-refractivity contribution is -0.128. The molecule has 0 saturated heterocycles. The van der Waals surface area contributed by atoms with Crippen molar-refractivity contribution in [3.63, 3.8) is 0 Å². The fourth-order valence-corrected chi connectivity index (χ4v) is 1.53. The fourth-order valence-electron chi connectivity index (χ4n) is 1.53. The second kappa shape index (κ2) is 7.30. The molecule has 0 spiro atoms. The molecule has 0 radical (unpaired) electrons. The number of amides is 1. The molecule has 96 valence electrons. The van der Waals surface area contributed by atoms with Gasteiger partial charge in [0.1, 0.15) is 0 Å². The summed E-state index contributed by atoms with van der Waals surface area (Å²) in [6.45, 7) is 5.02. The van der Waals surface area contributed by atoms with E-state index < -0.39 is 0 Å². The van der Waals surface area contributed by atoms with Gasteiger partial charge in [0.2, 0.25) is 5.91 Å². The van der Waals surface area contributed by atoms with Crippen molar-refractivity contribution in [3.8, 4) is 0 Å². The predicted molar refractivity (Wildman–Crippen MR) is 73.3 cm³/mol. The van der Waals surface area contributed by atoms with Crippen LogP contribution in [-0.4, -0.2) is 24.4 Å². The number of carbonyl (C=O) groups excluding carboxylic acids is 1. The Labute approximate surface area is 109 Å². The van der Waals surface area contributed by atoms with E-state index in [9.17, 15) is 4.79 Å². The maximum atomic E-state index is 11.3. The largest absolute Gasteiger partial charge is 0.340 e. The van der Waals surface area contributed by atoms with E-state index in [1.54, 1.807) is 11.9 Å². The standard InChI is InChI=1S/C13H20N2O.ClH/c1-10(2)12-6-4-11(5-7-12)9-15(3)13(16)8-14;/h4-7,10H,8-9,14H2,1-3H3;1H. The van der Waals surface area contributed by atoms with Crippen LogP contribution in [0.2, 0.25) is 0 Å². The van der Waals surface area contributed by atoms with Crippen molar-refractivity contribution in [3.05, 3.63) is 35.4 Å². The Morgan fingerprint density at radius 1 is 1.29 bits per heavy atom. The molecule has 0 atom stereocenters. The molecule has 4 heteroatoms. The first kappa shape index (κ1) is 15.9. The summed E-state index contributed by atoms with van der Waals surface area (Å²) in [5.41, 5.74) is 7.75. The minimum atomic E-state index is -0.0343. The molecule has 0 heterocycles. The van der Waals surface area contributed by atoms with Crippen LogP contribution in [0.1, 0.15) is 30.9 Å². The lowest BCUT2D eigenvalue weighted by Gasteiger charge is -2.16. The number of hydrogen-bond donors (Lipinski definition) is 1. The number of nitrogens with zero attached hydrogens (tertiary/aromatic N) is 1. The third-order valence-corrected chi connectivity index (χ3v) is 2.67. The molecule has 1 rings (SSSR count). The van der Waals surface area contributed by atoms with Crippen LogP contribution in [0, 0.1) is 0 Å². The van der Waals surface area contributed by atoms with Gasteiger partial charge in [0.05, 0.1) is 6.54 Å². The molecule has 0 saturated carbocycles. The van der Waals surface area contributed by atoms with E-state index in [1.807, 2.05) is 0 Å². The lowest BCUT2D eigenvalue weighted by Crippen LogP contribution is -2.32. The van der Waals surface area contributed by atoms with E-state index in [0.29, 0.717) is 12.5 Å². The number of halogens is 1. The summed E-state index contributed by atoms with van der Waals surface area (Å²) < 4.78 is 0. The van der Waals surface area contributed by atoms with Crippen molar-refractivity contribution >= 4 is 18.3 Å². The van der Waals surface area contributed by atoms with Gasteiger partial charge >= 0.3 is 0 Å². The summed E-state index contributed by atoms with van der Waals surface area (Å²) in [6, 6.07) is 8.35. The normalized spacial score (nSPS) is 9.94. The first-order chi connectivity index (χ1) is 7.54. The summed E-state index contributed by atoms with van der Waals surface area (Å²) in [5.74, 6) is 0.505. The van der Waals surface area contributed by atoms with Crippen molar-refractivity contribution < 1.29 is 4.79 Å². The molecule has 1 amide bonds. The van der Waals surface area contributed by atoms with Gasteiger partial charge in [-0.1, -0.05) is 38.1 Å². The van der Waals surface area contributed by atoms with Crippen LogP contribution in [0.25, 0.3) is 0 Å². The number of likely N-dealkylation sites (N-methyl/N-ethyl adjacent to an activating group) is 1. The van der Waals surface area contributed by atoms with E-state index in [1.165, 1.54) is 5.56 Å². The van der Waals surface area contributed by atoms with E-state index >= 15 is 0 Å². The van der Waals surface area contributed by atoms with E-state index in [2.05, 4.69) is 38.1 Å². The van der Waals surface area contributed by atoms with Gasteiger partial charge in [-0.05, 0) is 17.0 Å². The van der Waals surface area contributed by atoms with Crippen molar-refractivity contribution in [1.82, 2.24) is 4.90 Å². The fraction of sp³-hybridized carbons (Fsp3) is 0.462. The summed E-state index contributed by atoms with van der Waals surface area (Å²) in [4.78, 5) is 12.9. The number of nitrogens with two attached hydrogens (primary N) is 1. The Kier molecular flexibility index (Phi) is 6.85. The number of hydrogen-bond acceptors (Lipinski definition) is 2. The van der Waals surface area contributed by atoms with Crippen LogP contribution >= 0.6 is 12.4 Å². The molecular formula is C13H21ClN2O. The summed E-state index contributed by atoms with van der Waals surface area (Å²) in [6.07, 6.45) is 0. The monoisotopic (exact) mass is 256 g/mol. The summed E-state index contributed by atoms with van der Waals surface area (Å²) >= 11 is 0. The average molecular weight is 257 g/mol. The minimum Gasteiger partial charge on any atom is -0.340 e. The zero-order chi connectivity index (χ0) is 12.1. The Balaban J connectivity index is 0.00000256. The molecule has 0 fully saturated rings. The highest BCUT2D eigenvalue weighted by atomic mass is 35.5. The summed E-state index contributed by atoms with van der Waals surface area (Å²) in [5, 5.41) is 0. The number of benzene rings is 1. The molecule has 0 bridgehead atoms. The van der Waals surface area contributed by atoms with Crippen LogP contribution in [0.15, 0.2) is 24.3 Å². The topological polar surface area (TPSA) is 46.3 Å². The summed E-state index contributed by atoms with van der Waals surface area (Å²) in [7, 11) is 1.77. The molecule has 1 aromatic carbocycles. The second-order valence-electron chi connectivity index (χ2n) is 4.35. The van der Waals surface area contributed by atoms with Crippen LogP contribution in [0.4, 0.5) is 0 Å². The van der Waals surface area contributed by atoms with E-state index in [4.69, 9.17) is 5.73 Å². The highest BCUT2D eigenvalue weighted by Crippen LogP contribution is 2.15. The smallest absolute Gasteiger partial charge is 0.236 e. The van der Waals surface area contributed by atoms with Gasteiger partial charge in [0.15, 0.2) is 0 Å². The third-order valence-electron chi connectivity index (χ3n) is 2.67. The maximum Gasteiger partial charge on any atom is 0.236 e. The molecule has 3 nitrogen and oxygen atoms in total.